The van der Waals surface area contributed by atoms with Gasteiger partial charge in [0.1, 0.15) is 6.04 Å². The summed E-state index contributed by atoms with van der Waals surface area (Å²) in [5.41, 5.74) is 1.01. The smallest absolute Gasteiger partial charge is 0.249 e. The number of amides is 1. The number of carbonyl (C=O) groups excluding carboxylic acids is 1. The Kier molecular flexibility index (Phi) is 4.72. The lowest BCUT2D eigenvalue weighted by molar-refractivity contribution is -0.132. The summed E-state index contributed by atoms with van der Waals surface area (Å²) in [6.45, 7) is 4.82. The normalized spacial score (nSPS) is 17.5. The molecule has 1 amide bonds. The molecule has 2 aromatic heterocycles. The van der Waals surface area contributed by atoms with Crippen LogP contribution in [0.3, 0.4) is 0 Å². The zero-order valence-corrected chi connectivity index (χ0v) is 15.8. The third-order valence-electron chi connectivity index (χ3n) is 4.72. The number of carbonyl (C=O) groups is 1. The Bertz CT molecular complexity index is 884. The molecule has 1 aliphatic rings. The Balaban J connectivity index is 1.42. The van der Waals surface area contributed by atoms with E-state index in [0.29, 0.717) is 24.6 Å². The zero-order chi connectivity index (χ0) is 18.1. The van der Waals surface area contributed by atoms with Gasteiger partial charge in [0.05, 0.1) is 15.2 Å². The van der Waals surface area contributed by atoms with Gasteiger partial charge in [0, 0.05) is 25.3 Å². The van der Waals surface area contributed by atoms with E-state index in [1.807, 2.05) is 36.9 Å². The van der Waals surface area contributed by atoms with Crippen molar-refractivity contribution in [1.82, 2.24) is 20.0 Å². The van der Waals surface area contributed by atoms with Crippen molar-refractivity contribution in [3.8, 4) is 0 Å². The van der Waals surface area contributed by atoms with Crippen LogP contribution in [0.4, 0.5) is 0 Å². The zero-order valence-electron chi connectivity index (χ0n) is 15.0. The van der Waals surface area contributed by atoms with Gasteiger partial charge in [-0.05, 0) is 25.0 Å². The minimum Gasteiger partial charge on any atom is -0.337 e. The fourth-order valence-electron chi connectivity index (χ4n) is 3.32. The van der Waals surface area contributed by atoms with E-state index in [-0.39, 0.29) is 17.9 Å². The van der Waals surface area contributed by atoms with Crippen molar-refractivity contribution in [1.29, 1.82) is 0 Å². The van der Waals surface area contributed by atoms with E-state index in [0.717, 1.165) is 29.9 Å². The summed E-state index contributed by atoms with van der Waals surface area (Å²) in [5, 5.41) is 5.05. The summed E-state index contributed by atoms with van der Waals surface area (Å²) in [4.78, 5) is 23.8. The van der Waals surface area contributed by atoms with E-state index in [2.05, 4.69) is 21.2 Å². The largest absolute Gasteiger partial charge is 0.337 e. The lowest BCUT2D eigenvalue weighted by atomic mass is 10.2. The van der Waals surface area contributed by atoms with Gasteiger partial charge in [-0.3, -0.25) is 4.79 Å². The van der Waals surface area contributed by atoms with E-state index < -0.39 is 0 Å². The molecule has 0 radical (unpaired) electrons. The summed E-state index contributed by atoms with van der Waals surface area (Å²) in [6.07, 6.45) is 2.98. The van der Waals surface area contributed by atoms with Crippen LogP contribution in [0, 0.1) is 0 Å². The number of rotatable bonds is 5. The second kappa shape index (κ2) is 7.15. The molecule has 3 heterocycles. The number of nitrogens with zero attached hydrogens (tertiary/aromatic N) is 4. The molecular formula is C19H22N4O2S. The standard InChI is InChI=1S/C19H22N4O2S/c1-12(2)18-21-19(25-22-18)14-7-5-11-23(14)17(24)10-9-16-20-13-6-3-4-8-15(13)26-16/h3-4,6,8,12,14H,5,7,9-11H2,1-2H3/t14-/m1/s1. The van der Waals surface area contributed by atoms with Crippen LogP contribution < -0.4 is 0 Å². The molecule has 7 heteroatoms. The number of likely N-dealkylation sites (tertiary alicyclic amines) is 1. The average molecular weight is 370 g/mol. The Morgan fingerprint density at radius 1 is 1.35 bits per heavy atom. The van der Waals surface area contributed by atoms with Gasteiger partial charge in [-0.1, -0.05) is 31.1 Å². The molecule has 0 N–H and O–H groups in total. The van der Waals surface area contributed by atoms with Crippen LogP contribution in [0.2, 0.25) is 0 Å². The third kappa shape index (κ3) is 3.35. The molecule has 0 bridgehead atoms. The van der Waals surface area contributed by atoms with Crippen molar-refractivity contribution < 1.29 is 9.32 Å². The summed E-state index contributed by atoms with van der Waals surface area (Å²) < 4.78 is 6.60. The topological polar surface area (TPSA) is 72.1 Å². The summed E-state index contributed by atoms with van der Waals surface area (Å²) >= 11 is 1.66. The number of benzene rings is 1. The minimum absolute atomic E-state index is 0.0853. The van der Waals surface area contributed by atoms with Crippen LogP contribution >= 0.6 is 11.3 Å². The van der Waals surface area contributed by atoms with Gasteiger partial charge in [-0.2, -0.15) is 4.98 Å². The molecule has 0 spiro atoms. The predicted octanol–water partition coefficient (Wildman–Crippen LogP) is 4.10. The molecule has 1 atom stereocenters. The quantitative estimate of drug-likeness (QED) is 0.676. The molecule has 0 saturated carbocycles. The lowest BCUT2D eigenvalue weighted by Crippen LogP contribution is -2.30. The van der Waals surface area contributed by atoms with Gasteiger partial charge in [-0.15, -0.1) is 11.3 Å². The average Bonchev–Trinajstić information content (AvgIpc) is 3.37. The molecule has 1 saturated heterocycles. The number of thiazole rings is 1. The summed E-state index contributed by atoms with van der Waals surface area (Å²) in [6, 6.07) is 7.99. The first kappa shape index (κ1) is 17.1. The first-order valence-corrected chi connectivity index (χ1v) is 9.91. The fourth-order valence-corrected chi connectivity index (χ4v) is 4.29. The van der Waals surface area contributed by atoms with Gasteiger partial charge >= 0.3 is 0 Å². The predicted molar refractivity (Wildman–Crippen MR) is 100 cm³/mol. The monoisotopic (exact) mass is 370 g/mol. The molecular weight excluding hydrogens is 348 g/mol. The van der Waals surface area contributed by atoms with Crippen LogP contribution in [0.5, 0.6) is 0 Å². The molecule has 0 aliphatic carbocycles. The number of fused-ring (bicyclic) bond motifs is 1. The van der Waals surface area contributed by atoms with Gasteiger partial charge in [0.15, 0.2) is 5.82 Å². The first-order valence-electron chi connectivity index (χ1n) is 9.09. The fraction of sp³-hybridized carbons (Fsp3) is 0.474. The second-order valence-corrected chi connectivity index (χ2v) is 8.08. The first-order chi connectivity index (χ1) is 12.6. The van der Waals surface area contributed by atoms with Gasteiger partial charge < -0.3 is 9.42 Å². The highest BCUT2D eigenvalue weighted by Gasteiger charge is 2.34. The van der Waals surface area contributed by atoms with E-state index in [4.69, 9.17) is 4.52 Å². The van der Waals surface area contributed by atoms with Crippen LogP contribution in [0.15, 0.2) is 28.8 Å². The Labute approximate surface area is 156 Å². The van der Waals surface area contributed by atoms with Gasteiger partial charge in [-0.25, -0.2) is 4.98 Å². The minimum atomic E-state index is -0.0853. The van der Waals surface area contributed by atoms with E-state index >= 15 is 0 Å². The SMILES string of the molecule is CC(C)c1noc([C@H]2CCCN2C(=O)CCc2nc3ccccc3s2)n1. The maximum atomic E-state index is 12.8. The van der Waals surface area contributed by atoms with Crippen molar-refractivity contribution in [3.63, 3.8) is 0 Å². The number of aromatic nitrogens is 3. The van der Waals surface area contributed by atoms with E-state index in [1.54, 1.807) is 11.3 Å². The molecule has 26 heavy (non-hydrogen) atoms. The van der Waals surface area contributed by atoms with Crippen molar-refractivity contribution in [2.45, 2.75) is 51.5 Å². The molecule has 6 nitrogen and oxygen atoms in total. The van der Waals surface area contributed by atoms with Crippen LogP contribution in [-0.2, 0) is 11.2 Å². The molecule has 0 unspecified atom stereocenters. The van der Waals surface area contributed by atoms with Crippen LogP contribution in [0.25, 0.3) is 10.2 Å². The highest BCUT2D eigenvalue weighted by atomic mass is 32.1. The number of para-hydroxylation sites is 1. The van der Waals surface area contributed by atoms with E-state index in [9.17, 15) is 4.79 Å². The third-order valence-corrected chi connectivity index (χ3v) is 5.82. The van der Waals surface area contributed by atoms with Crippen molar-refractivity contribution >= 4 is 27.5 Å². The maximum Gasteiger partial charge on any atom is 0.249 e. The maximum absolute atomic E-state index is 12.8. The highest BCUT2D eigenvalue weighted by Crippen LogP contribution is 2.32. The Morgan fingerprint density at radius 2 is 2.19 bits per heavy atom. The highest BCUT2D eigenvalue weighted by molar-refractivity contribution is 7.18. The number of hydrogen-bond acceptors (Lipinski definition) is 6. The Morgan fingerprint density at radius 3 is 2.96 bits per heavy atom. The van der Waals surface area contributed by atoms with E-state index in [1.165, 1.54) is 4.70 Å². The molecule has 4 rings (SSSR count). The van der Waals surface area contributed by atoms with Crippen LogP contribution in [-0.4, -0.2) is 32.5 Å². The molecule has 136 valence electrons. The molecule has 1 aliphatic heterocycles. The molecule has 1 aromatic carbocycles. The van der Waals surface area contributed by atoms with Gasteiger partial charge in [0.25, 0.3) is 0 Å². The molecule has 1 fully saturated rings. The van der Waals surface area contributed by atoms with Gasteiger partial charge in [0.2, 0.25) is 11.8 Å². The summed E-state index contributed by atoms with van der Waals surface area (Å²) in [5.74, 6) is 1.63. The number of hydrogen-bond donors (Lipinski definition) is 0. The second-order valence-electron chi connectivity index (χ2n) is 6.97. The van der Waals surface area contributed by atoms with Crippen molar-refractivity contribution in [3.05, 3.63) is 41.0 Å². The summed E-state index contributed by atoms with van der Waals surface area (Å²) in [7, 11) is 0. The Hall–Kier alpha value is -2.28. The van der Waals surface area contributed by atoms with Crippen molar-refractivity contribution in [2.24, 2.45) is 0 Å². The van der Waals surface area contributed by atoms with Crippen molar-refractivity contribution in [2.75, 3.05) is 6.54 Å². The lowest BCUT2D eigenvalue weighted by Gasteiger charge is -2.21. The molecule has 3 aromatic rings. The van der Waals surface area contributed by atoms with Crippen LogP contribution in [0.1, 0.15) is 61.8 Å². The number of aryl methyl sites for hydroxylation is 1.